The lowest BCUT2D eigenvalue weighted by molar-refractivity contribution is -0.140. The molecule has 8 heteroatoms. The number of carbonyl (C=O) groups is 3. The molecule has 0 aromatic heterocycles. The fourth-order valence-corrected chi connectivity index (χ4v) is 4.93. The van der Waals surface area contributed by atoms with E-state index in [-0.39, 0.29) is 19.1 Å². The first-order valence-electron chi connectivity index (χ1n) is 14.1. The minimum absolute atomic E-state index is 0.000995. The second-order valence-corrected chi connectivity index (χ2v) is 10.5. The monoisotopic (exact) mass is 558 g/mol. The Hall–Kier alpha value is -4.33. The van der Waals surface area contributed by atoms with Crippen LogP contribution in [0.4, 0.5) is 10.5 Å². The van der Waals surface area contributed by atoms with Crippen LogP contribution in [0.25, 0.3) is 11.1 Å². The molecule has 1 atom stereocenters. The highest BCUT2D eigenvalue weighted by molar-refractivity contribution is 5.96. The number of benzene rings is 3. The molecule has 2 N–H and O–H groups in total. The largest absolute Gasteiger partial charge is 0.493 e. The van der Waals surface area contributed by atoms with Gasteiger partial charge in [0.15, 0.2) is 0 Å². The van der Waals surface area contributed by atoms with E-state index in [1.165, 1.54) is 12.5 Å². The first-order chi connectivity index (χ1) is 19.7. The number of fused-ring (bicyclic) bond motifs is 1. The number of aliphatic carboxylic acids is 1. The second kappa shape index (κ2) is 13.8. The molecule has 2 amide bonds. The number of aryl methyl sites for hydroxylation is 1. The minimum Gasteiger partial charge on any atom is -0.493 e. The van der Waals surface area contributed by atoms with Gasteiger partial charge in [-0.25, -0.2) is 4.79 Å². The van der Waals surface area contributed by atoms with E-state index in [4.69, 9.17) is 14.6 Å². The van der Waals surface area contributed by atoms with Gasteiger partial charge < -0.3 is 24.8 Å². The summed E-state index contributed by atoms with van der Waals surface area (Å²) >= 11 is 0. The summed E-state index contributed by atoms with van der Waals surface area (Å²) in [6, 6.07) is 19.8. The van der Waals surface area contributed by atoms with Crippen molar-refractivity contribution in [3.63, 3.8) is 0 Å². The van der Waals surface area contributed by atoms with E-state index in [1.54, 1.807) is 0 Å². The lowest BCUT2D eigenvalue weighted by Gasteiger charge is -2.31. The number of nitrogens with one attached hydrogen (secondary N) is 1. The van der Waals surface area contributed by atoms with Crippen molar-refractivity contribution in [2.45, 2.75) is 53.1 Å². The molecule has 41 heavy (non-hydrogen) atoms. The maximum Gasteiger partial charge on any atom is 0.407 e. The molecular formula is C33H38N2O6. The van der Waals surface area contributed by atoms with Gasteiger partial charge in [-0.1, -0.05) is 49.4 Å². The number of rotatable bonds is 11. The van der Waals surface area contributed by atoms with Crippen LogP contribution in [0.15, 0.2) is 60.7 Å². The highest BCUT2D eigenvalue weighted by atomic mass is 16.5. The van der Waals surface area contributed by atoms with E-state index < -0.39 is 18.0 Å². The molecule has 0 spiro atoms. The number of anilines is 1. The molecule has 0 radical (unpaired) electrons. The Kier molecular flexibility index (Phi) is 10.0. The lowest BCUT2D eigenvalue weighted by atomic mass is 9.91. The van der Waals surface area contributed by atoms with Gasteiger partial charge in [-0.15, -0.1) is 0 Å². The smallest absolute Gasteiger partial charge is 0.407 e. The van der Waals surface area contributed by atoms with Crippen molar-refractivity contribution in [1.29, 1.82) is 0 Å². The van der Waals surface area contributed by atoms with Crippen LogP contribution in [0.1, 0.15) is 48.4 Å². The summed E-state index contributed by atoms with van der Waals surface area (Å²) in [4.78, 5) is 38.1. The normalized spacial score (nSPS) is 13.2. The Balaban J connectivity index is 1.38. The molecule has 1 aliphatic heterocycles. The van der Waals surface area contributed by atoms with Crippen LogP contribution >= 0.6 is 0 Å². The fraction of sp³-hybridized carbons (Fsp3) is 0.364. The highest BCUT2D eigenvalue weighted by Crippen LogP contribution is 2.36. The number of amides is 2. The molecule has 1 unspecified atom stereocenters. The predicted molar refractivity (Wildman–Crippen MR) is 158 cm³/mol. The van der Waals surface area contributed by atoms with Crippen LogP contribution in [0.2, 0.25) is 0 Å². The Morgan fingerprint density at radius 3 is 2.63 bits per heavy atom. The van der Waals surface area contributed by atoms with Gasteiger partial charge >= 0.3 is 12.1 Å². The zero-order chi connectivity index (χ0) is 29.4. The van der Waals surface area contributed by atoms with Crippen LogP contribution in [-0.2, 0) is 27.4 Å². The number of carboxylic acids is 1. The molecule has 3 aromatic carbocycles. The fourth-order valence-electron chi connectivity index (χ4n) is 4.93. The van der Waals surface area contributed by atoms with Crippen molar-refractivity contribution >= 4 is 23.7 Å². The van der Waals surface area contributed by atoms with Gasteiger partial charge in [-0.3, -0.25) is 9.59 Å². The van der Waals surface area contributed by atoms with Crippen LogP contribution in [0.5, 0.6) is 5.75 Å². The summed E-state index contributed by atoms with van der Waals surface area (Å²) in [6.45, 7) is 6.86. The van der Waals surface area contributed by atoms with Gasteiger partial charge in [0.1, 0.15) is 12.4 Å². The first-order valence-corrected chi connectivity index (χ1v) is 14.1. The van der Waals surface area contributed by atoms with Crippen molar-refractivity contribution in [2.75, 3.05) is 24.6 Å². The standard InChI is InChI=1S/C33H38N2O6/c1-22-9-4-15-30(24(22)3)40-18-8-16-31(36)35-17-7-13-28-27(12-6-14-29(28)35)26-11-5-10-25(19-26)21-41-33(39)34-20-23(2)32(37)38/h4-6,9-12,14-15,19,23H,7-8,13,16-18,20-21H2,1-3H3,(H,34,39)(H,37,38). The molecule has 0 fully saturated rings. The van der Waals surface area contributed by atoms with E-state index in [1.807, 2.05) is 60.4 Å². The number of alkyl carbamates (subject to hydrolysis) is 1. The summed E-state index contributed by atoms with van der Waals surface area (Å²) < 4.78 is 11.2. The number of carboxylic acid groups (broad SMARTS) is 1. The van der Waals surface area contributed by atoms with E-state index in [0.29, 0.717) is 26.0 Å². The van der Waals surface area contributed by atoms with Gasteiger partial charge in [-0.05, 0) is 84.7 Å². The summed E-state index contributed by atoms with van der Waals surface area (Å²) in [5.41, 5.74) is 7.25. The molecule has 0 saturated carbocycles. The van der Waals surface area contributed by atoms with Crippen molar-refractivity contribution < 1.29 is 29.0 Å². The van der Waals surface area contributed by atoms with Crippen molar-refractivity contribution in [3.8, 4) is 16.9 Å². The van der Waals surface area contributed by atoms with Gasteiger partial charge in [0, 0.05) is 25.2 Å². The maximum atomic E-state index is 13.3. The van der Waals surface area contributed by atoms with Crippen LogP contribution in [0, 0.1) is 19.8 Å². The predicted octanol–water partition coefficient (Wildman–Crippen LogP) is 6.06. The zero-order valence-corrected chi connectivity index (χ0v) is 23.9. The van der Waals surface area contributed by atoms with E-state index >= 15 is 0 Å². The SMILES string of the molecule is Cc1cccc(OCCCC(=O)N2CCCc3c(-c4cccc(COC(=O)NCC(C)C(=O)O)c4)cccc32)c1C. The van der Waals surface area contributed by atoms with Crippen LogP contribution in [-0.4, -0.2) is 42.8 Å². The number of ether oxygens (including phenoxy) is 2. The average molecular weight is 559 g/mol. The number of hydrogen-bond donors (Lipinski definition) is 2. The average Bonchev–Trinajstić information content (AvgIpc) is 2.98. The molecule has 1 aliphatic rings. The summed E-state index contributed by atoms with van der Waals surface area (Å²) in [5.74, 6) is -0.714. The number of hydrogen-bond acceptors (Lipinski definition) is 5. The summed E-state index contributed by atoms with van der Waals surface area (Å²) in [6.07, 6.45) is 2.15. The molecule has 1 heterocycles. The lowest BCUT2D eigenvalue weighted by Crippen LogP contribution is -2.35. The Morgan fingerprint density at radius 2 is 1.83 bits per heavy atom. The summed E-state index contributed by atoms with van der Waals surface area (Å²) in [7, 11) is 0. The van der Waals surface area contributed by atoms with Gasteiger partial charge in [0.05, 0.1) is 12.5 Å². The van der Waals surface area contributed by atoms with Crippen molar-refractivity contribution in [3.05, 3.63) is 82.9 Å². The molecule has 4 rings (SSSR count). The number of carbonyl (C=O) groups excluding carboxylic acids is 2. The highest BCUT2D eigenvalue weighted by Gasteiger charge is 2.24. The van der Waals surface area contributed by atoms with E-state index in [0.717, 1.165) is 52.1 Å². The third-order valence-electron chi connectivity index (χ3n) is 7.48. The zero-order valence-electron chi connectivity index (χ0n) is 23.9. The Morgan fingerprint density at radius 1 is 1.05 bits per heavy atom. The second-order valence-electron chi connectivity index (χ2n) is 10.5. The van der Waals surface area contributed by atoms with Gasteiger partial charge in [0.2, 0.25) is 5.91 Å². The molecule has 3 aromatic rings. The maximum absolute atomic E-state index is 13.3. The van der Waals surface area contributed by atoms with Crippen LogP contribution < -0.4 is 15.0 Å². The summed E-state index contributed by atoms with van der Waals surface area (Å²) in [5, 5.41) is 11.4. The van der Waals surface area contributed by atoms with Gasteiger partial charge in [-0.2, -0.15) is 0 Å². The van der Waals surface area contributed by atoms with E-state index in [2.05, 4.69) is 24.4 Å². The molecule has 8 nitrogen and oxygen atoms in total. The van der Waals surface area contributed by atoms with Crippen molar-refractivity contribution in [1.82, 2.24) is 5.32 Å². The minimum atomic E-state index is -0.980. The molecule has 216 valence electrons. The van der Waals surface area contributed by atoms with Crippen LogP contribution in [0.3, 0.4) is 0 Å². The third kappa shape index (κ3) is 7.66. The van der Waals surface area contributed by atoms with E-state index in [9.17, 15) is 14.4 Å². The van der Waals surface area contributed by atoms with Gasteiger partial charge in [0.25, 0.3) is 0 Å². The van der Waals surface area contributed by atoms with Crippen molar-refractivity contribution in [2.24, 2.45) is 5.92 Å². The topological polar surface area (TPSA) is 105 Å². The molecule has 0 aliphatic carbocycles. The Labute approximate surface area is 241 Å². The molecule has 0 bridgehead atoms. The molecular weight excluding hydrogens is 520 g/mol. The third-order valence-corrected chi connectivity index (χ3v) is 7.48. The quantitative estimate of drug-likeness (QED) is 0.277. The Bertz CT molecular complexity index is 1400. The number of nitrogens with zero attached hydrogens (tertiary/aromatic N) is 1. The first kappa shape index (κ1) is 29.6. The molecule has 0 saturated heterocycles.